The number of hydrogen-bond donors (Lipinski definition) is 3. The highest BCUT2D eigenvalue weighted by atomic mass is 32.1. The van der Waals surface area contributed by atoms with Crippen molar-refractivity contribution < 1.29 is 5.11 Å². The standard InChI is InChI=1S/C8H15N5OS/c9-10-8-7(11-12-15-8)5-13(3-4-14)6-1-2-6/h6,10,14H,1-5,9H2. The van der Waals surface area contributed by atoms with Gasteiger partial charge in [-0.05, 0) is 12.8 Å². The van der Waals surface area contributed by atoms with E-state index < -0.39 is 0 Å². The maximum atomic E-state index is 8.95. The van der Waals surface area contributed by atoms with Crippen LogP contribution < -0.4 is 11.3 Å². The van der Waals surface area contributed by atoms with Crippen LogP contribution in [0.2, 0.25) is 0 Å². The summed E-state index contributed by atoms with van der Waals surface area (Å²) in [5.74, 6) is 5.35. The SMILES string of the molecule is NNc1snnc1CN(CCO)C1CC1. The lowest BCUT2D eigenvalue weighted by Crippen LogP contribution is -2.29. The van der Waals surface area contributed by atoms with Crippen molar-refractivity contribution >= 4 is 16.5 Å². The van der Waals surface area contributed by atoms with Gasteiger partial charge in [-0.1, -0.05) is 4.49 Å². The summed E-state index contributed by atoms with van der Waals surface area (Å²) in [5.41, 5.74) is 3.45. The molecule has 1 aliphatic carbocycles. The molecule has 1 heterocycles. The first-order valence-corrected chi connectivity index (χ1v) is 5.75. The quantitative estimate of drug-likeness (QED) is 0.462. The molecular weight excluding hydrogens is 214 g/mol. The molecule has 0 amide bonds. The Morgan fingerprint density at radius 1 is 1.60 bits per heavy atom. The molecule has 1 saturated carbocycles. The number of nitrogens with zero attached hydrogens (tertiary/aromatic N) is 3. The Labute approximate surface area is 92.2 Å². The lowest BCUT2D eigenvalue weighted by Gasteiger charge is -2.19. The van der Waals surface area contributed by atoms with Gasteiger partial charge in [-0.25, -0.2) is 5.84 Å². The second-order valence-electron chi connectivity index (χ2n) is 3.62. The maximum Gasteiger partial charge on any atom is 0.148 e. The summed E-state index contributed by atoms with van der Waals surface area (Å²) in [6, 6.07) is 0.601. The van der Waals surface area contributed by atoms with E-state index in [0.29, 0.717) is 19.1 Å². The van der Waals surface area contributed by atoms with E-state index in [2.05, 4.69) is 19.9 Å². The third-order valence-electron chi connectivity index (χ3n) is 2.49. The van der Waals surface area contributed by atoms with E-state index in [1.807, 2.05) is 0 Å². The largest absolute Gasteiger partial charge is 0.395 e. The summed E-state index contributed by atoms with van der Waals surface area (Å²) in [6.07, 6.45) is 2.42. The number of hydrogen-bond acceptors (Lipinski definition) is 7. The van der Waals surface area contributed by atoms with Crippen LogP contribution in [0.1, 0.15) is 18.5 Å². The van der Waals surface area contributed by atoms with Crippen LogP contribution >= 0.6 is 11.5 Å². The second kappa shape index (κ2) is 4.84. The van der Waals surface area contributed by atoms with Crippen LogP contribution in [0.3, 0.4) is 0 Å². The van der Waals surface area contributed by atoms with Crippen molar-refractivity contribution in [1.82, 2.24) is 14.5 Å². The number of nitrogens with two attached hydrogens (primary N) is 1. The molecule has 0 atom stereocenters. The molecule has 1 aromatic heterocycles. The molecule has 0 bridgehead atoms. The van der Waals surface area contributed by atoms with Crippen LogP contribution in [0.5, 0.6) is 0 Å². The summed E-state index contributed by atoms with van der Waals surface area (Å²) in [6.45, 7) is 1.58. The number of rotatable bonds is 6. The molecule has 0 unspecified atom stereocenters. The van der Waals surface area contributed by atoms with Crippen molar-refractivity contribution in [3.63, 3.8) is 0 Å². The van der Waals surface area contributed by atoms with Crippen LogP contribution in [0.25, 0.3) is 0 Å². The van der Waals surface area contributed by atoms with Gasteiger partial charge in [0.15, 0.2) is 0 Å². The van der Waals surface area contributed by atoms with E-state index in [9.17, 15) is 0 Å². The predicted octanol–water partition coefficient (Wildman–Crippen LogP) is -0.220. The first-order valence-electron chi connectivity index (χ1n) is 4.98. The summed E-state index contributed by atoms with van der Waals surface area (Å²) in [4.78, 5) is 2.22. The second-order valence-corrected chi connectivity index (χ2v) is 4.37. The fourth-order valence-electron chi connectivity index (χ4n) is 1.57. The van der Waals surface area contributed by atoms with Crippen molar-refractivity contribution in [1.29, 1.82) is 0 Å². The normalized spacial score (nSPS) is 15.9. The Morgan fingerprint density at radius 2 is 2.40 bits per heavy atom. The van der Waals surface area contributed by atoms with Crippen molar-refractivity contribution in [3.8, 4) is 0 Å². The predicted molar refractivity (Wildman–Crippen MR) is 58.2 cm³/mol. The summed E-state index contributed by atoms with van der Waals surface area (Å²) >= 11 is 1.26. The highest BCUT2D eigenvalue weighted by Crippen LogP contribution is 2.29. The van der Waals surface area contributed by atoms with Gasteiger partial charge in [-0.2, -0.15) is 0 Å². The average molecular weight is 229 g/mol. The van der Waals surface area contributed by atoms with Gasteiger partial charge in [0.25, 0.3) is 0 Å². The number of aliphatic hydroxyl groups is 1. The van der Waals surface area contributed by atoms with E-state index in [0.717, 1.165) is 10.7 Å². The third kappa shape index (κ3) is 2.63. The first kappa shape index (κ1) is 10.7. The Morgan fingerprint density at radius 3 is 3.00 bits per heavy atom. The average Bonchev–Trinajstić information content (AvgIpc) is 2.99. The first-order chi connectivity index (χ1) is 7.35. The van der Waals surface area contributed by atoms with E-state index in [4.69, 9.17) is 10.9 Å². The molecule has 1 aromatic rings. The van der Waals surface area contributed by atoms with Gasteiger partial charge in [-0.3, -0.25) is 4.90 Å². The molecule has 1 fully saturated rings. The van der Waals surface area contributed by atoms with Gasteiger partial charge in [0.1, 0.15) is 10.7 Å². The lowest BCUT2D eigenvalue weighted by atomic mass is 10.3. The van der Waals surface area contributed by atoms with Gasteiger partial charge < -0.3 is 10.5 Å². The van der Waals surface area contributed by atoms with Crippen molar-refractivity contribution in [3.05, 3.63) is 5.69 Å². The molecule has 7 heteroatoms. The van der Waals surface area contributed by atoms with E-state index >= 15 is 0 Å². The highest BCUT2D eigenvalue weighted by Gasteiger charge is 2.29. The molecular formula is C8H15N5OS. The maximum absolute atomic E-state index is 8.95. The third-order valence-corrected chi connectivity index (χ3v) is 3.19. The minimum absolute atomic E-state index is 0.180. The van der Waals surface area contributed by atoms with Crippen LogP contribution in [0.15, 0.2) is 0 Å². The molecule has 1 aliphatic rings. The molecule has 84 valence electrons. The molecule has 15 heavy (non-hydrogen) atoms. The lowest BCUT2D eigenvalue weighted by molar-refractivity contribution is 0.182. The molecule has 0 radical (unpaired) electrons. The van der Waals surface area contributed by atoms with Crippen LogP contribution in [-0.2, 0) is 6.54 Å². The van der Waals surface area contributed by atoms with E-state index in [-0.39, 0.29) is 6.61 Å². The Hall–Kier alpha value is -0.760. The summed E-state index contributed by atoms with van der Waals surface area (Å²) in [5, 5.41) is 13.8. The topological polar surface area (TPSA) is 87.3 Å². The highest BCUT2D eigenvalue weighted by molar-refractivity contribution is 7.10. The molecule has 0 aromatic carbocycles. The van der Waals surface area contributed by atoms with Gasteiger partial charge in [0.2, 0.25) is 0 Å². The van der Waals surface area contributed by atoms with Crippen molar-refractivity contribution in [2.75, 3.05) is 18.6 Å². The minimum Gasteiger partial charge on any atom is -0.395 e. The van der Waals surface area contributed by atoms with Crippen LogP contribution in [0.4, 0.5) is 5.00 Å². The zero-order valence-electron chi connectivity index (χ0n) is 8.39. The van der Waals surface area contributed by atoms with Crippen molar-refractivity contribution in [2.24, 2.45) is 5.84 Å². The molecule has 0 aliphatic heterocycles. The summed E-state index contributed by atoms with van der Waals surface area (Å²) < 4.78 is 3.85. The molecule has 4 N–H and O–H groups in total. The van der Waals surface area contributed by atoms with Crippen LogP contribution in [0, 0.1) is 0 Å². The molecule has 0 spiro atoms. The number of nitrogens with one attached hydrogen (secondary N) is 1. The van der Waals surface area contributed by atoms with Gasteiger partial charge in [0, 0.05) is 30.7 Å². The smallest absolute Gasteiger partial charge is 0.148 e. The number of aliphatic hydroxyl groups excluding tert-OH is 1. The number of aromatic nitrogens is 2. The fourth-order valence-corrected chi connectivity index (χ4v) is 2.06. The number of nitrogen functional groups attached to an aromatic ring is 1. The van der Waals surface area contributed by atoms with Gasteiger partial charge in [0.05, 0.1) is 6.61 Å². The fraction of sp³-hybridized carbons (Fsp3) is 0.750. The Balaban J connectivity index is 1.98. The molecule has 6 nitrogen and oxygen atoms in total. The van der Waals surface area contributed by atoms with E-state index in [1.165, 1.54) is 24.4 Å². The monoisotopic (exact) mass is 229 g/mol. The van der Waals surface area contributed by atoms with Gasteiger partial charge in [-0.15, -0.1) is 5.10 Å². The minimum atomic E-state index is 0.180. The summed E-state index contributed by atoms with van der Waals surface area (Å²) in [7, 11) is 0. The van der Waals surface area contributed by atoms with Crippen LogP contribution in [-0.4, -0.2) is 38.8 Å². The van der Waals surface area contributed by atoms with E-state index in [1.54, 1.807) is 0 Å². The van der Waals surface area contributed by atoms with Crippen molar-refractivity contribution in [2.45, 2.75) is 25.4 Å². The van der Waals surface area contributed by atoms with Gasteiger partial charge >= 0.3 is 0 Å². The zero-order chi connectivity index (χ0) is 10.7. The Kier molecular flexibility index (Phi) is 3.47. The zero-order valence-corrected chi connectivity index (χ0v) is 9.20. The number of anilines is 1. The molecule has 0 saturated heterocycles. The number of hydrazine groups is 1. The Bertz CT molecular complexity index is 314. The molecule has 2 rings (SSSR count).